The Bertz CT molecular complexity index is 656. The summed E-state index contributed by atoms with van der Waals surface area (Å²) in [5, 5.41) is 15.4. The number of likely N-dealkylation sites (N-methyl/N-ethyl adjacent to an activating group) is 1. The highest BCUT2D eigenvalue weighted by molar-refractivity contribution is 7.09. The molecule has 0 atom stereocenters. The summed E-state index contributed by atoms with van der Waals surface area (Å²) in [4.78, 5) is 8.11. The van der Waals surface area contributed by atoms with Gasteiger partial charge in [-0.15, -0.1) is 11.3 Å². The number of thiophene rings is 1. The van der Waals surface area contributed by atoms with Crippen LogP contribution in [0.2, 0.25) is 0 Å². The summed E-state index contributed by atoms with van der Waals surface area (Å²) in [6.45, 7) is 4.13. The summed E-state index contributed by atoms with van der Waals surface area (Å²) in [7, 11) is 3.64. The molecule has 2 aromatic rings. The van der Waals surface area contributed by atoms with E-state index in [1.807, 2.05) is 20.0 Å². The van der Waals surface area contributed by atoms with Crippen LogP contribution in [0, 0.1) is 0 Å². The maximum Gasteiger partial charge on any atom is 0.193 e. The molecular formula is C18H25N3O2S. The molecule has 0 saturated heterocycles. The number of rotatable bonds is 7. The zero-order valence-electron chi connectivity index (χ0n) is 14.5. The molecule has 2 N–H and O–H groups in total. The molecule has 1 aromatic heterocycles. The second-order valence-electron chi connectivity index (χ2n) is 5.42. The quantitative estimate of drug-likeness (QED) is 0.597. The van der Waals surface area contributed by atoms with Crippen molar-refractivity contribution >= 4 is 17.3 Å². The van der Waals surface area contributed by atoms with Crippen LogP contribution in [0.3, 0.4) is 0 Å². The van der Waals surface area contributed by atoms with Crippen molar-refractivity contribution in [1.82, 2.24) is 10.2 Å². The molecule has 0 radical (unpaired) electrons. The maximum atomic E-state index is 9.98. The van der Waals surface area contributed by atoms with Crippen LogP contribution in [0.15, 0.2) is 40.7 Å². The first-order valence-electron chi connectivity index (χ1n) is 8.01. The van der Waals surface area contributed by atoms with Crippen LogP contribution in [-0.4, -0.2) is 43.2 Å². The van der Waals surface area contributed by atoms with Gasteiger partial charge in [0.2, 0.25) is 0 Å². The van der Waals surface area contributed by atoms with Crippen molar-refractivity contribution in [3.63, 3.8) is 0 Å². The van der Waals surface area contributed by atoms with E-state index in [4.69, 9.17) is 4.74 Å². The first-order chi connectivity index (χ1) is 11.6. The predicted octanol–water partition coefficient (Wildman–Crippen LogP) is 3.10. The van der Waals surface area contributed by atoms with E-state index >= 15 is 0 Å². The molecule has 0 bridgehead atoms. The number of nitrogens with one attached hydrogen (secondary N) is 1. The molecule has 0 amide bonds. The molecule has 1 aromatic carbocycles. The molecule has 5 nitrogen and oxygen atoms in total. The van der Waals surface area contributed by atoms with E-state index in [1.54, 1.807) is 30.6 Å². The predicted molar refractivity (Wildman–Crippen MR) is 100 cm³/mol. The Balaban J connectivity index is 2.04. The van der Waals surface area contributed by atoms with E-state index in [0.717, 1.165) is 31.0 Å². The SMILES string of the molecule is CCNC(=NCc1cc(OC)ccc1O)N(C)CCc1cccs1. The third-order valence-corrected chi connectivity index (χ3v) is 4.59. The standard InChI is InChI=1S/C18H25N3O2S/c1-4-19-18(21(2)10-9-16-6-5-11-24-16)20-13-14-12-15(23-3)7-8-17(14)22/h5-8,11-12,22H,4,9-10,13H2,1-3H3,(H,19,20). The third kappa shape index (κ3) is 5.16. The van der Waals surface area contributed by atoms with Crippen LogP contribution in [0.1, 0.15) is 17.4 Å². The molecule has 6 heteroatoms. The van der Waals surface area contributed by atoms with Crippen molar-refractivity contribution in [2.75, 3.05) is 27.2 Å². The first kappa shape index (κ1) is 18.1. The van der Waals surface area contributed by atoms with Crippen molar-refractivity contribution in [1.29, 1.82) is 0 Å². The summed E-state index contributed by atoms with van der Waals surface area (Å²) < 4.78 is 5.21. The topological polar surface area (TPSA) is 57.1 Å². The monoisotopic (exact) mass is 347 g/mol. The Morgan fingerprint density at radius 1 is 1.38 bits per heavy atom. The number of guanidine groups is 1. The summed E-state index contributed by atoms with van der Waals surface area (Å²) in [5.41, 5.74) is 0.747. The van der Waals surface area contributed by atoms with Crippen LogP contribution >= 0.6 is 11.3 Å². The number of phenols is 1. The number of phenolic OH excluding ortho intramolecular Hbond substituents is 1. The second-order valence-corrected chi connectivity index (χ2v) is 6.45. The van der Waals surface area contributed by atoms with Gasteiger partial charge in [-0.05, 0) is 43.0 Å². The van der Waals surface area contributed by atoms with Gasteiger partial charge in [0.1, 0.15) is 11.5 Å². The smallest absolute Gasteiger partial charge is 0.193 e. The lowest BCUT2D eigenvalue weighted by atomic mass is 10.2. The summed E-state index contributed by atoms with van der Waals surface area (Å²) in [5.74, 6) is 1.78. The van der Waals surface area contributed by atoms with E-state index in [0.29, 0.717) is 12.3 Å². The van der Waals surface area contributed by atoms with Crippen molar-refractivity contribution in [2.45, 2.75) is 19.9 Å². The van der Waals surface area contributed by atoms with Gasteiger partial charge in [-0.25, -0.2) is 4.99 Å². The molecule has 1 heterocycles. The maximum absolute atomic E-state index is 9.98. The zero-order chi connectivity index (χ0) is 17.4. The Morgan fingerprint density at radius 3 is 2.88 bits per heavy atom. The van der Waals surface area contributed by atoms with Crippen molar-refractivity contribution < 1.29 is 9.84 Å². The number of hydrogen-bond acceptors (Lipinski definition) is 4. The first-order valence-corrected chi connectivity index (χ1v) is 8.89. The normalized spacial score (nSPS) is 11.4. The Hall–Kier alpha value is -2.21. The number of hydrogen-bond donors (Lipinski definition) is 2. The zero-order valence-corrected chi connectivity index (χ0v) is 15.3. The average molecular weight is 347 g/mol. The number of aliphatic imine (C=N–C) groups is 1. The second kappa shape index (κ2) is 9.17. The fraction of sp³-hybridized carbons (Fsp3) is 0.389. The van der Waals surface area contributed by atoms with E-state index in [9.17, 15) is 5.11 Å². The van der Waals surface area contributed by atoms with Gasteiger partial charge in [0.25, 0.3) is 0 Å². The lowest BCUT2D eigenvalue weighted by Gasteiger charge is -2.22. The number of aromatic hydroxyl groups is 1. The van der Waals surface area contributed by atoms with E-state index in [2.05, 4.69) is 32.7 Å². The van der Waals surface area contributed by atoms with Crippen LogP contribution in [0.4, 0.5) is 0 Å². The lowest BCUT2D eigenvalue weighted by Crippen LogP contribution is -2.39. The summed E-state index contributed by atoms with van der Waals surface area (Å²) >= 11 is 1.77. The summed E-state index contributed by atoms with van der Waals surface area (Å²) in [6, 6.07) is 9.41. The van der Waals surface area contributed by atoms with Gasteiger partial charge in [-0.2, -0.15) is 0 Å². The number of methoxy groups -OCH3 is 1. The molecular weight excluding hydrogens is 322 g/mol. The number of benzene rings is 1. The van der Waals surface area contributed by atoms with Crippen LogP contribution in [-0.2, 0) is 13.0 Å². The lowest BCUT2D eigenvalue weighted by molar-refractivity contribution is 0.410. The van der Waals surface area contributed by atoms with Crippen LogP contribution in [0.5, 0.6) is 11.5 Å². The molecule has 0 unspecified atom stereocenters. The minimum absolute atomic E-state index is 0.233. The molecule has 2 rings (SSSR count). The minimum atomic E-state index is 0.233. The van der Waals surface area contributed by atoms with Gasteiger partial charge >= 0.3 is 0 Å². The minimum Gasteiger partial charge on any atom is -0.508 e. The molecule has 0 aliphatic carbocycles. The van der Waals surface area contributed by atoms with Gasteiger partial charge < -0.3 is 20.1 Å². The highest BCUT2D eigenvalue weighted by atomic mass is 32.1. The van der Waals surface area contributed by atoms with E-state index in [1.165, 1.54) is 4.88 Å². The Kier molecular flexibility index (Phi) is 6.93. The molecule has 0 spiro atoms. The van der Waals surface area contributed by atoms with Crippen molar-refractivity contribution in [2.24, 2.45) is 4.99 Å². The fourth-order valence-electron chi connectivity index (χ4n) is 2.28. The summed E-state index contributed by atoms with van der Waals surface area (Å²) in [6.07, 6.45) is 0.989. The van der Waals surface area contributed by atoms with Crippen LogP contribution in [0.25, 0.3) is 0 Å². The molecule has 0 fully saturated rings. The Morgan fingerprint density at radius 2 is 2.21 bits per heavy atom. The van der Waals surface area contributed by atoms with Crippen molar-refractivity contribution in [3.8, 4) is 11.5 Å². The van der Waals surface area contributed by atoms with Gasteiger partial charge in [-0.1, -0.05) is 6.07 Å². The fourth-order valence-corrected chi connectivity index (χ4v) is 2.98. The third-order valence-electron chi connectivity index (χ3n) is 3.66. The molecule has 0 aliphatic rings. The van der Waals surface area contributed by atoms with Gasteiger partial charge in [0, 0.05) is 30.6 Å². The van der Waals surface area contributed by atoms with Gasteiger partial charge in [-0.3, -0.25) is 0 Å². The molecule has 0 saturated carbocycles. The molecule has 0 aliphatic heterocycles. The molecule has 130 valence electrons. The van der Waals surface area contributed by atoms with Crippen LogP contribution < -0.4 is 10.1 Å². The van der Waals surface area contributed by atoms with E-state index < -0.39 is 0 Å². The number of nitrogens with zero attached hydrogens (tertiary/aromatic N) is 2. The Labute approximate surface area is 147 Å². The van der Waals surface area contributed by atoms with Gasteiger partial charge in [0.15, 0.2) is 5.96 Å². The van der Waals surface area contributed by atoms with Crippen molar-refractivity contribution in [3.05, 3.63) is 46.2 Å². The highest BCUT2D eigenvalue weighted by Crippen LogP contribution is 2.23. The number of ether oxygens (including phenoxy) is 1. The van der Waals surface area contributed by atoms with E-state index in [-0.39, 0.29) is 5.75 Å². The highest BCUT2D eigenvalue weighted by Gasteiger charge is 2.08. The van der Waals surface area contributed by atoms with Gasteiger partial charge in [0.05, 0.1) is 13.7 Å². The largest absolute Gasteiger partial charge is 0.508 e. The molecule has 24 heavy (non-hydrogen) atoms. The average Bonchev–Trinajstić information content (AvgIpc) is 3.11.